The van der Waals surface area contributed by atoms with Gasteiger partial charge < -0.3 is 5.73 Å². The predicted octanol–water partition coefficient (Wildman–Crippen LogP) is 0.953. The minimum Gasteiger partial charge on any atom is -0.330 e. The molecule has 50 valence electrons. The second kappa shape index (κ2) is 2.94. The summed E-state index contributed by atoms with van der Waals surface area (Å²) in [5.74, 6) is 0. The van der Waals surface area contributed by atoms with Crippen LogP contribution in [0.3, 0.4) is 0 Å². The first-order valence-electron chi connectivity index (χ1n) is 2.95. The number of hydrogen-bond acceptors (Lipinski definition) is 3. The fourth-order valence-electron chi connectivity index (χ4n) is 0.676. The Balaban J connectivity index is 2.61. The van der Waals surface area contributed by atoms with Crippen LogP contribution in [-0.2, 0) is 6.42 Å². The van der Waals surface area contributed by atoms with Crippen LogP contribution in [0.1, 0.15) is 10.6 Å². The minimum absolute atomic E-state index is 0.724. The Bertz CT molecular complexity index is 183. The molecule has 0 atom stereocenters. The molecule has 3 heteroatoms. The van der Waals surface area contributed by atoms with E-state index in [4.69, 9.17) is 5.73 Å². The normalized spacial score (nSPS) is 10.0. The van der Waals surface area contributed by atoms with Crippen molar-refractivity contribution in [3.8, 4) is 0 Å². The third-order valence-electron chi connectivity index (χ3n) is 1.07. The van der Waals surface area contributed by atoms with Crippen molar-refractivity contribution < 1.29 is 0 Å². The molecule has 2 N–H and O–H groups in total. The number of aryl methyl sites for hydroxylation is 1. The van der Waals surface area contributed by atoms with Gasteiger partial charge in [-0.2, -0.15) is 4.37 Å². The van der Waals surface area contributed by atoms with Gasteiger partial charge in [-0.3, -0.25) is 0 Å². The Morgan fingerprint density at radius 1 is 1.78 bits per heavy atom. The predicted molar refractivity (Wildman–Crippen MR) is 39.6 cm³/mol. The summed E-state index contributed by atoms with van der Waals surface area (Å²) in [6.07, 6.45) is 0.964. The van der Waals surface area contributed by atoms with Crippen molar-refractivity contribution in [1.82, 2.24) is 4.37 Å². The fraction of sp³-hybridized carbons (Fsp3) is 0.500. The summed E-state index contributed by atoms with van der Waals surface area (Å²) in [6, 6.07) is 2.08. The summed E-state index contributed by atoms with van der Waals surface area (Å²) in [7, 11) is 0. The lowest BCUT2D eigenvalue weighted by Gasteiger charge is -1.85. The Morgan fingerprint density at radius 3 is 3.00 bits per heavy atom. The zero-order valence-electron chi connectivity index (χ0n) is 5.42. The number of nitrogens with two attached hydrogens (primary N) is 1. The third-order valence-corrected chi connectivity index (χ3v) is 2.00. The minimum atomic E-state index is 0.724. The van der Waals surface area contributed by atoms with Crippen LogP contribution in [0.5, 0.6) is 0 Å². The van der Waals surface area contributed by atoms with Crippen molar-refractivity contribution in [1.29, 1.82) is 0 Å². The molecule has 1 aromatic heterocycles. The Labute approximate surface area is 58.9 Å². The smallest absolute Gasteiger partial charge is 0.0514 e. The monoisotopic (exact) mass is 142 g/mol. The number of hydrogen-bond donors (Lipinski definition) is 1. The molecule has 2 nitrogen and oxygen atoms in total. The summed E-state index contributed by atoms with van der Waals surface area (Å²) in [5.41, 5.74) is 6.45. The van der Waals surface area contributed by atoms with Crippen LogP contribution in [0, 0.1) is 6.92 Å². The standard InChI is InChI=1S/C6H10N2S/c1-5-4-6(2-3-7)9-8-5/h4H,2-3,7H2,1H3. The van der Waals surface area contributed by atoms with Gasteiger partial charge in [-0.25, -0.2) is 0 Å². The zero-order chi connectivity index (χ0) is 6.69. The Kier molecular flexibility index (Phi) is 2.19. The molecule has 0 bridgehead atoms. The van der Waals surface area contributed by atoms with E-state index in [-0.39, 0.29) is 0 Å². The largest absolute Gasteiger partial charge is 0.330 e. The Morgan fingerprint density at radius 2 is 2.56 bits per heavy atom. The van der Waals surface area contributed by atoms with Gasteiger partial charge in [0.15, 0.2) is 0 Å². The molecule has 0 unspecified atom stereocenters. The number of nitrogens with zero attached hydrogens (tertiary/aromatic N) is 1. The van der Waals surface area contributed by atoms with Gasteiger partial charge in [0.05, 0.1) is 5.69 Å². The second-order valence-electron chi connectivity index (χ2n) is 1.97. The van der Waals surface area contributed by atoms with Crippen LogP contribution in [0.4, 0.5) is 0 Å². The molecule has 1 aromatic rings. The van der Waals surface area contributed by atoms with Gasteiger partial charge >= 0.3 is 0 Å². The van der Waals surface area contributed by atoms with Crippen molar-refractivity contribution in [3.63, 3.8) is 0 Å². The number of rotatable bonds is 2. The average Bonchev–Trinajstić information content (AvgIpc) is 2.17. The number of aromatic nitrogens is 1. The lowest BCUT2D eigenvalue weighted by molar-refractivity contribution is 0.988. The van der Waals surface area contributed by atoms with Gasteiger partial charge in [0.2, 0.25) is 0 Å². The molecular formula is C6H10N2S. The van der Waals surface area contributed by atoms with E-state index in [1.54, 1.807) is 11.5 Å². The first-order chi connectivity index (χ1) is 4.33. The maximum atomic E-state index is 5.35. The molecule has 0 saturated carbocycles. The van der Waals surface area contributed by atoms with Crippen LogP contribution in [0.2, 0.25) is 0 Å². The van der Waals surface area contributed by atoms with Crippen LogP contribution in [0.15, 0.2) is 6.07 Å². The molecule has 0 aliphatic carbocycles. The van der Waals surface area contributed by atoms with E-state index >= 15 is 0 Å². The molecule has 0 amide bonds. The molecule has 0 fully saturated rings. The highest BCUT2D eigenvalue weighted by Crippen LogP contribution is 2.08. The van der Waals surface area contributed by atoms with E-state index in [1.807, 2.05) is 6.92 Å². The summed E-state index contributed by atoms with van der Waals surface area (Å²) in [5, 5.41) is 0. The molecule has 0 aromatic carbocycles. The van der Waals surface area contributed by atoms with Crippen molar-refractivity contribution in [3.05, 3.63) is 16.6 Å². The van der Waals surface area contributed by atoms with Crippen molar-refractivity contribution in [2.24, 2.45) is 5.73 Å². The highest BCUT2D eigenvalue weighted by molar-refractivity contribution is 7.05. The van der Waals surface area contributed by atoms with Gasteiger partial charge in [0, 0.05) is 4.88 Å². The van der Waals surface area contributed by atoms with E-state index in [9.17, 15) is 0 Å². The molecule has 0 radical (unpaired) electrons. The van der Waals surface area contributed by atoms with E-state index in [0.29, 0.717) is 0 Å². The van der Waals surface area contributed by atoms with Gasteiger partial charge in [-0.05, 0) is 37.5 Å². The van der Waals surface area contributed by atoms with E-state index in [2.05, 4.69) is 10.4 Å². The van der Waals surface area contributed by atoms with Crippen LogP contribution in [-0.4, -0.2) is 10.9 Å². The van der Waals surface area contributed by atoms with E-state index in [0.717, 1.165) is 18.7 Å². The maximum Gasteiger partial charge on any atom is 0.0514 e. The van der Waals surface area contributed by atoms with Crippen LogP contribution < -0.4 is 5.73 Å². The van der Waals surface area contributed by atoms with Gasteiger partial charge in [-0.15, -0.1) is 0 Å². The molecule has 9 heavy (non-hydrogen) atoms. The quantitative estimate of drug-likeness (QED) is 0.667. The molecule has 1 heterocycles. The SMILES string of the molecule is Cc1cc(CCN)sn1. The van der Waals surface area contributed by atoms with Gasteiger partial charge in [0.25, 0.3) is 0 Å². The molecule has 0 spiro atoms. The van der Waals surface area contributed by atoms with E-state index < -0.39 is 0 Å². The topological polar surface area (TPSA) is 38.9 Å². The van der Waals surface area contributed by atoms with Crippen molar-refractivity contribution in [2.75, 3.05) is 6.54 Å². The van der Waals surface area contributed by atoms with Crippen molar-refractivity contribution >= 4 is 11.5 Å². The maximum absolute atomic E-state index is 5.35. The first kappa shape index (κ1) is 6.71. The summed E-state index contributed by atoms with van der Waals surface area (Å²) >= 11 is 1.54. The first-order valence-corrected chi connectivity index (χ1v) is 3.72. The van der Waals surface area contributed by atoms with E-state index in [1.165, 1.54) is 4.88 Å². The highest BCUT2D eigenvalue weighted by atomic mass is 32.1. The molecule has 0 saturated heterocycles. The summed E-state index contributed by atoms with van der Waals surface area (Å²) in [4.78, 5) is 1.29. The summed E-state index contributed by atoms with van der Waals surface area (Å²) in [6.45, 7) is 2.72. The molecule has 0 aliphatic rings. The van der Waals surface area contributed by atoms with Crippen LogP contribution >= 0.6 is 11.5 Å². The lowest BCUT2D eigenvalue weighted by Crippen LogP contribution is -2.00. The lowest BCUT2D eigenvalue weighted by atomic mass is 10.3. The molecule has 1 rings (SSSR count). The Hall–Kier alpha value is -0.410. The third kappa shape index (κ3) is 1.77. The van der Waals surface area contributed by atoms with Crippen LogP contribution in [0.25, 0.3) is 0 Å². The summed E-state index contributed by atoms with van der Waals surface area (Å²) < 4.78 is 4.12. The highest BCUT2D eigenvalue weighted by Gasteiger charge is 1.94. The average molecular weight is 142 g/mol. The molecular weight excluding hydrogens is 132 g/mol. The van der Waals surface area contributed by atoms with Gasteiger partial charge in [0.1, 0.15) is 0 Å². The zero-order valence-corrected chi connectivity index (χ0v) is 6.24. The molecule has 0 aliphatic heterocycles. The van der Waals surface area contributed by atoms with Gasteiger partial charge in [-0.1, -0.05) is 0 Å². The second-order valence-corrected chi connectivity index (χ2v) is 2.86. The van der Waals surface area contributed by atoms with Crippen molar-refractivity contribution in [2.45, 2.75) is 13.3 Å². The fourth-order valence-corrected chi connectivity index (χ4v) is 1.42.